The Bertz CT molecular complexity index is 467. The van der Waals surface area contributed by atoms with E-state index in [4.69, 9.17) is 10.5 Å². The number of nitriles is 2. The van der Waals surface area contributed by atoms with Gasteiger partial charge in [-0.3, -0.25) is 0 Å². The first-order chi connectivity index (χ1) is 8.10. The average molecular weight is 228 g/mol. The second kappa shape index (κ2) is 5.86. The third kappa shape index (κ3) is 3.46. The molecule has 0 aliphatic rings. The molecule has 17 heavy (non-hydrogen) atoms. The molecule has 4 nitrogen and oxygen atoms in total. The van der Waals surface area contributed by atoms with Gasteiger partial charge in [-0.1, -0.05) is 0 Å². The predicted molar refractivity (Wildman–Crippen MR) is 66.4 cm³/mol. The third-order valence-electron chi connectivity index (χ3n) is 2.49. The highest BCUT2D eigenvalue weighted by Gasteiger charge is 2.11. The van der Waals surface area contributed by atoms with Crippen LogP contribution in [-0.2, 0) is 0 Å². The molecular formula is C13H16N4. The molecule has 0 saturated carbocycles. The molecule has 88 valence electrons. The SMILES string of the molecule is CCN(CC(C)C#N)c1cc(C#N)cc(C)n1. The van der Waals surface area contributed by atoms with E-state index in [9.17, 15) is 0 Å². The quantitative estimate of drug-likeness (QED) is 0.792. The third-order valence-corrected chi connectivity index (χ3v) is 2.49. The molecule has 0 saturated heterocycles. The van der Waals surface area contributed by atoms with Crippen molar-refractivity contribution < 1.29 is 0 Å². The molecule has 0 N–H and O–H groups in total. The minimum absolute atomic E-state index is 0.0530. The van der Waals surface area contributed by atoms with E-state index < -0.39 is 0 Å². The van der Waals surface area contributed by atoms with Crippen LogP contribution in [0.15, 0.2) is 12.1 Å². The average Bonchev–Trinajstić information content (AvgIpc) is 2.34. The molecule has 1 unspecified atom stereocenters. The molecule has 1 rings (SSSR count). The fourth-order valence-electron chi connectivity index (χ4n) is 1.63. The van der Waals surface area contributed by atoms with Crippen molar-refractivity contribution >= 4 is 5.82 Å². The highest BCUT2D eigenvalue weighted by atomic mass is 15.2. The molecule has 0 bridgehead atoms. The van der Waals surface area contributed by atoms with Crippen LogP contribution in [0.25, 0.3) is 0 Å². The molecule has 0 aromatic carbocycles. The zero-order valence-corrected chi connectivity index (χ0v) is 10.4. The Kier molecular flexibility index (Phi) is 4.48. The highest BCUT2D eigenvalue weighted by molar-refractivity contribution is 5.46. The smallest absolute Gasteiger partial charge is 0.130 e. The maximum absolute atomic E-state index is 8.92. The van der Waals surface area contributed by atoms with Crippen LogP contribution in [-0.4, -0.2) is 18.1 Å². The van der Waals surface area contributed by atoms with Gasteiger partial charge in [0.1, 0.15) is 5.82 Å². The van der Waals surface area contributed by atoms with Gasteiger partial charge in [-0.2, -0.15) is 10.5 Å². The van der Waals surface area contributed by atoms with Gasteiger partial charge >= 0.3 is 0 Å². The van der Waals surface area contributed by atoms with Crippen LogP contribution in [0.4, 0.5) is 5.82 Å². The lowest BCUT2D eigenvalue weighted by molar-refractivity contribution is 0.678. The van der Waals surface area contributed by atoms with Crippen molar-refractivity contribution in [1.29, 1.82) is 10.5 Å². The van der Waals surface area contributed by atoms with Crippen LogP contribution in [0.1, 0.15) is 25.1 Å². The lowest BCUT2D eigenvalue weighted by atomic mass is 10.2. The Morgan fingerprint density at radius 1 is 1.41 bits per heavy atom. The molecule has 1 aromatic heterocycles. The van der Waals surface area contributed by atoms with Crippen LogP contribution in [0.2, 0.25) is 0 Å². The van der Waals surface area contributed by atoms with Crippen molar-refractivity contribution in [2.75, 3.05) is 18.0 Å². The molecule has 0 radical (unpaired) electrons. The molecule has 4 heteroatoms. The zero-order chi connectivity index (χ0) is 12.8. The molecular weight excluding hydrogens is 212 g/mol. The maximum Gasteiger partial charge on any atom is 0.130 e. The number of anilines is 1. The summed E-state index contributed by atoms with van der Waals surface area (Å²) in [5.41, 5.74) is 1.43. The van der Waals surface area contributed by atoms with Crippen molar-refractivity contribution in [1.82, 2.24) is 4.98 Å². The van der Waals surface area contributed by atoms with Gasteiger partial charge in [0.2, 0.25) is 0 Å². The Labute approximate surface area is 102 Å². The Balaban J connectivity index is 3.00. The van der Waals surface area contributed by atoms with E-state index in [2.05, 4.69) is 17.1 Å². The van der Waals surface area contributed by atoms with Crippen LogP contribution < -0.4 is 4.90 Å². The first-order valence-corrected chi connectivity index (χ1v) is 5.64. The van der Waals surface area contributed by atoms with Crippen molar-refractivity contribution in [3.05, 3.63) is 23.4 Å². The minimum Gasteiger partial charge on any atom is -0.356 e. The number of aromatic nitrogens is 1. The molecule has 1 aromatic rings. The van der Waals surface area contributed by atoms with Gasteiger partial charge < -0.3 is 4.90 Å². The summed E-state index contributed by atoms with van der Waals surface area (Å²) in [5, 5.41) is 17.8. The van der Waals surface area contributed by atoms with Crippen molar-refractivity contribution in [3.8, 4) is 12.1 Å². The summed E-state index contributed by atoms with van der Waals surface area (Å²) in [6.07, 6.45) is 0. The first kappa shape index (κ1) is 13.0. The molecule has 0 amide bonds. The molecule has 0 spiro atoms. The molecule has 1 atom stereocenters. The van der Waals surface area contributed by atoms with Crippen molar-refractivity contribution in [2.24, 2.45) is 5.92 Å². The Hall–Kier alpha value is -2.07. The predicted octanol–water partition coefficient (Wildman–Crippen LogP) is 2.25. The van der Waals surface area contributed by atoms with Gasteiger partial charge in [-0.05, 0) is 32.9 Å². The first-order valence-electron chi connectivity index (χ1n) is 5.64. The van der Waals surface area contributed by atoms with Gasteiger partial charge in [0.15, 0.2) is 0 Å². The topological polar surface area (TPSA) is 63.7 Å². The fraction of sp³-hybridized carbons (Fsp3) is 0.462. The lowest BCUT2D eigenvalue weighted by Crippen LogP contribution is -2.28. The van der Waals surface area contributed by atoms with Gasteiger partial charge in [-0.15, -0.1) is 0 Å². The van der Waals surface area contributed by atoms with Gasteiger partial charge in [0.25, 0.3) is 0 Å². The minimum atomic E-state index is -0.0530. The summed E-state index contributed by atoms with van der Waals surface area (Å²) in [6.45, 7) is 7.16. The summed E-state index contributed by atoms with van der Waals surface area (Å²) in [5.74, 6) is 0.717. The molecule has 0 aliphatic carbocycles. The zero-order valence-electron chi connectivity index (χ0n) is 10.4. The number of hydrogen-bond acceptors (Lipinski definition) is 4. The van der Waals surface area contributed by atoms with Crippen molar-refractivity contribution in [2.45, 2.75) is 20.8 Å². The number of hydrogen-bond donors (Lipinski definition) is 0. The molecule has 0 aliphatic heterocycles. The maximum atomic E-state index is 8.92. The molecule has 1 heterocycles. The van der Waals surface area contributed by atoms with E-state index in [1.54, 1.807) is 12.1 Å². The van der Waals surface area contributed by atoms with E-state index in [0.717, 1.165) is 18.1 Å². The van der Waals surface area contributed by atoms with Gasteiger partial charge in [0, 0.05) is 18.8 Å². The van der Waals surface area contributed by atoms with E-state index in [-0.39, 0.29) is 5.92 Å². The number of aryl methyl sites for hydroxylation is 1. The van der Waals surface area contributed by atoms with E-state index in [0.29, 0.717) is 12.1 Å². The second-order valence-corrected chi connectivity index (χ2v) is 4.04. The highest BCUT2D eigenvalue weighted by Crippen LogP contribution is 2.15. The number of rotatable bonds is 4. The van der Waals surface area contributed by atoms with E-state index in [1.165, 1.54) is 0 Å². The monoisotopic (exact) mass is 228 g/mol. The summed E-state index contributed by atoms with van der Waals surface area (Å²) in [4.78, 5) is 6.42. The summed E-state index contributed by atoms with van der Waals surface area (Å²) >= 11 is 0. The van der Waals surface area contributed by atoms with Gasteiger partial charge in [0.05, 0.1) is 23.6 Å². The molecule has 0 fully saturated rings. The van der Waals surface area contributed by atoms with E-state index >= 15 is 0 Å². The second-order valence-electron chi connectivity index (χ2n) is 4.04. The van der Waals surface area contributed by atoms with Crippen LogP contribution in [0, 0.1) is 35.5 Å². The van der Waals surface area contributed by atoms with Crippen LogP contribution in [0.3, 0.4) is 0 Å². The summed E-state index contributed by atoms with van der Waals surface area (Å²) in [7, 11) is 0. The fourth-order valence-corrected chi connectivity index (χ4v) is 1.63. The van der Waals surface area contributed by atoms with Gasteiger partial charge in [-0.25, -0.2) is 4.98 Å². The number of nitrogens with zero attached hydrogens (tertiary/aromatic N) is 4. The van der Waals surface area contributed by atoms with Crippen LogP contribution >= 0.6 is 0 Å². The summed E-state index contributed by atoms with van der Waals surface area (Å²) in [6, 6.07) is 7.85. The normalized spacial score (nSPS) is 11.4. The van der Waals surface area contributed by atoms with Crippen molar-refractivity contribution in [3.63, 3.8) is 0 Å². The number of pyridine rings is 1. The largest absolute Gasteiger partial charge is 0.356 e. The Morgan fingerprint density at radius 2 is 2.12 bits per heavy atom. The standard InChI is InChI=1S/C13H16N4/c1-4-17(9-10(2)7-14)13-6-12(8-15)5-11(3)16-13/h5-6,10H,4,9H2,1-3H3. The lowest BCUT2D eigenvalue weighted by Gasteiger charge is -2.23. The van der Waals surface area contributed by atoms with Crippen LogP contribution in [0.5, 0.6) is 0 Å². The Morgan fingerprint density at radius 3 is 2.65 bits per heavy atom. The van der Waals surface area contributed by atoms with E-state index in [1.807, 2.05) is 25.7 Å². The summed E-state index contributed by atoms with van der Waals surface area (Å²) < 4.78 is 0.